The summed E-state index contributed by atoms with van der Waals surface area (Å²) in [7, 11) is 0. The van der Waals surface area contributed by atoms with Gasteiger partial charge in [-0.25, -0.2) is 0 Å². The zero-order valence-corrected chi connectivity index (χ0v) is 15.2. The Kier molecular flexibility index (Phi) is 5.90. The third-order valence-electron chi connectivity index (χ3n) is 3.85. The Hall–Kier alpha value is -2.99. The molecule has 0 saturated heterocycles. The number of amides is 1. The fourth-order valence-corrected chi connectivity index (χ4v) is 2.63. The summed E-state index contributed by atoms with van der Waals surface area (Å²) in [6.45, 7) is 3.79. The molecule has 26 heavy (non-hydrogen) atoms. The van der Waals surface area contributed by atoms with Crippen LogP contribution in [-0.4, -0.2) is 22.3 Å². The van der Waals surface area contributed by atoms with Crippen LogP contribution in [0.4, 0.5) is 0 Å². The van der Waals surface area contributed by atoms with Crippen molar-refractivity contribution in [2.75, 3.05) is 0 Å². The Morgan fingerprint density at radius 3 is 2.50 bits per heavy atom. The molecule has 0 radical (unpaired) electrons. The number of halogens is 1. The Bertz CT molecular complexity index is 892. The van der Waals surface area contributed by atoms with Crippen molar-refractivity contribution in [1.82, 2.24) is 5.32 Å². The predicted octanol–water partition coefficient (Wildman–Crippen LogP) is 1.76. The number of benzene rings is 2. The number of allylic oxidation sites excluding steroid dienone is 1. The first-order valence-corrected chi connectivity index (χ1v) is 8.30. The molecule has 0 spiro atoms. The molecule has 0 saturated carbocycles. The van der Waals surface area contributed by atoms with E-state index in [0.717, 1.165) is 6.21 Å². The van der Waals surface area contributed by atoms with Gasteiger partial charge in [0.1, 0.15) is 17.2 Å². The van der Waals surface area contributed by atoms with Crippen LogP contribution in [0.1, 0.15) is 41.3 Å². The SMILES string of the molecule is CC(C)c1cc(C(N)=C(C=[NH2+])NC(=O)c2cccc(Cl)c2)c(O)cc1O. The molecule has 0 aliphatic heterocycles. The average molecular weight is 375 g/mol. The second-order valence-corrected chi connectivity index (χ2v) is 6.48. The molecule has 7 heteroatoms. The number of rotatable bonds is 5. The lowest BCUT2D eigenvalue weighted by Crippen LogP contribution is -2.37. The molecule has 0 aliphatic rings. The minimum absolute atomic E-state index is 0.00788. The molecule has 0 aromatic heterocycles. The summed E-state index contributed by atoms with van der Waals surface area (Å²) >= 11 is 5.89. The van der Waals surface area contributed by atoms with Crippen LogP contribution in [0.3, 0.4) is 0 Å². The molecular formula is C19H21ClN3O3+. The van der Waals surface area contributed by atoms with E-state index in [0.29, 0.717) is 16.1 Å². The minimum atomic E-state index is -0.450. The zero-order chi connectivity index (χ0) is 19.4. The molecule has 7 N–H and O–H groups in total. The molecule has 0 heterocycles. The van der Waals surface area contributed by atoms with Gasteiger partial charge in [0.2, 0.25) is 0 Å². The number of phenols is 2. The van der Waals surface area contributed by atoms with E-state index in [1.54, 1.807) is 24.3 Å². The van der Waals surface area contributed by atoms with Crippen molar-refractivity contribution in [3.05, 3.63) is 63.8 Å². The molecule has 2 aromatic carbocycles. The van der Waals surface area contributed by atoms with Gasteiger partial charge in [-0.15, -0.1) is 0 Å². The molecule has 0 fully saturated rings. The molecule has 1 amide bonds. The first-order valence-electron chi connectivity index (χ1n) is 7.92. The topological polar surface area (TPSA) is 121 Å². The Balaban J connectivity index is 2.44. The van der Waals surface area contributed by atoms with Crippen LogP contribution in [0, 0.1) is 0 Å². The van der Waals surface area contributed by atoms with Gasteiger partial charge in [0.15, 0.2) is 6.21 Å². The Labute approximate surface area is 156 Å². The van der Waals surface area contributed by atoms with Crippen molar-refractivity contribution >= 4 is 29.4 Å². The quantitative estimate of drug-likeness (QED) is 0.512. The van der Waals surface area contributed by atoms with Crippen molar-refractivity contribution in [2.24, 2.45) is 5.73 Å². The van der Waals surface area contributed by atoms with Gasteiger partial charge in [-0.05, 0) is 35.7 Å². The maximum atomic E-state index is 12.4. The lowest BCUT2D eigenvalue weighted by atomic mass is 9.97. The van der Waals surface area contributed by atoms with Crippen LogP contribution in [0.25, 0.3) is 5.70 Å². The van der Waals surface area contributed by atoms with E-state index >= 15 is 0 Å². The number of aromatic hydroxyl groups is 2. The number of nitrogens with one attached hydrogen (secondary N) is 1. The largest absolute Gasteiger partial charge is 0.508 e. The second-order valence-electron chi connectivity index (χ2n) is 6.04. The van der Waals surface area contributed by atoms with E-state index in [2.05, 4.69) is 5.32 Å². The van der Waals surface area contributed by atoms with Crippen LogP contribution in [0.5, 0.6) is 11.5 Å². The van der Waals surface area contributed by atoms with Gasteiger partial charge in [-0.2, -0.15) is 0 Å². The van der Waals surface area contributed by atoms with Gasteiger partial charge in [0, 0.05) is 22.2 Å². The summed E-state index contributed by atoms with van der Waals surface area (Å²) in [4.78, 5) is 12.4. The van der Waals surface area contributed by atoms with Gasteiger partial charge in [-0.1, -0.05) is 31.5 Å². The van der Waals surface area contributed by atoms with E-state index in [1.165, 1.54) is 12.1 Å². The minimum Gasteiger partial charge on any atom is -0.508 e. The van der Waals surface area contributed by atoms with Crippen molar-refractivity contribution < 1.29 is 20.4 Å². The molecule has 136 valence electrons. The summed E-state index contributed by atoms with van der Waals surface area (Å²) in [5, 5.41) is 28.7. The van der Waals surface area contributed by atoms with E-state index in [-0.39, 0.29) is 34.4 Å². The average Bonchev–Trinajstić information content (AvgIpc) is 2.58. The summed E-state index contributed by atoms with van der Waals surface area (Å²) in [5.74, 6) is -0.695. The molecule has 0 bridgehead atoms. The molecule has 6 nitrogen and oxygen atoms in total. The molecular weight excluding hydrogens is 354 g/mol. The van der Waals surface area contributed by atoms with Crippen molar-refractivity contribution in [1.29, 1.82) is 0 Å². The smallest absolute Gasteiger partial charge is 0.255 e. The first kappa shape index (κ1) is 19.3. The summed E-state index contributed by atoms with van der Waals surface area (Å²) in [6.07, 6.45) is 1.14. The lowest BCUT2D eigenvalue weighted by molar-refractivity contribution is -0.105. The number of carbonyl (C=O) groups is 1. The summed E-state index contributed by atoms with van der Waals surface area (Å²) in [6, 6.07) is 9.19. The number of carbonyl (C=O) groups excluding carboxylic acids is 1. The summed E-state index contributed by atoms with van der Waals surface area (Å²) < 4.78 is 0. The fraction of sp³-hybridized carbons (Fsp3) is 0.158. The van der Waals surface area contributed by atoms with Crippen molar-refractivity contribution in [3.8, 4) is 11.5 Å². The second kappa shape index (κ2) is 7.93. The van der Waals surface area contributed by atoms with E-state index in [4.69, 9.17) is 22.7 Å². The summed E-state index contributed by atoms with van der Waals surface area (Å²) in [5.41, 5.74) is 7.52. The molecule has 0 unspecified atom stereocenters. The van der Waals surface area contributed by atoms with Gasteiger partial charge in [-0.3, -0.25) is 10.2 Å². The van der Waals surface area contributed by atoms with Crippen LogP contribution in [0.15, 0.2) is 42.1 Å². The third-order valence-corrected chi connectivity index (χ3v) is 4.08. The van der Waals surface area contributed by atoms with E-state index in [9.17, 15) is 15.0 Å². The van der Waals surface area contributed by atoms with Crippen LogP contribution < -0.4 is 16.5 Å². The van der Waals surface area contributed by atoms with Gasteiger partial charge in [0.25, 0.3) is 5.91 Å². The van der Waals surface area contributed by atoms with Crippen LogP contribution in [-0.2, 0) is 0 Å². The van der Waals surface area contributed by atoms with E-state index in [1.807, 2.05) is 13.8 Å². The van der Waals surface area contributed by atoms with E-state index < -0.39 is 5.91 Å². The molecule has 0 atom stereocenters. The maximum absolute atomic E-state index is 12.4. The van der Waals surface area contributed by atoms with Gasteiger partial charge >= 0.3 is 0 Å². The maximum Gasteiger partial charge on any atom is 0.255 e. The van der Waals surface area contributed by atoms with Crippen LogP contribution in [0.2, 0.25) is 5.02 Å². The normalized spacial score (nSPS) is 11.8. The highest BCUT2D eigenvalue weighted by atomic mass is 35.5. The highest BCUT2D eigenvalue weighted by molar-refractivity contribution is 6.31. The van der Waals surface area contributed by atoms with Crippen molar-refractivity contribution in [2.45, 2.75) is 19.8 Å². The molecule has 0 aliphatic carbocycles. The van der Waals surface area contributed by atoms with Gasteiger partial charge < -0.3 is 21.3 Å². The third kappa shape index (κ3) is 4.15. The lowest BCUT2D eigenvalue weighted by Gasteiger charge is -2.14. The number of hydrogen-bond acceptors (Lipinski definition) is 4. The van der Waals surface area contributed by atoms with Crippen LogP contribution >= 0.6 is 11.6 Å². The molecule has 2 rings (SSSR count). The predicted molar refractivity (Wildman–Crippen MR) is 102 cm³/mol. The fourth-order valence-electron chi connectivity index (χ4n) is 2.44. The Morgan fingerprint density at radius 2 is 1.92 bits per heavy atom. The highest BCUT2D eigenvalue weighted by Gasteiger charge is 2.18. The first-order chi connectivity index (χ1) is 12.2. The van der Waals surface area contributed by atoms with Crippen molar-refractivity contribution in [3.63, 3.8) is 0 Å². The number of nitrogens with two attached hydrogens (primary N) is 2. The highest BCUT2D eigenvalue weighted by Crippen LogP contribution is 2.34. The molecule has 2 aromatic rings. The Morgan fingerprint density at radius 1 is 1.23 bits per heavy atom. The number of phenolic OH excluding ortho intramolecular Hbond substituents is 2. The monoisotopic (exact) mass is 374 g/mol. The van der Waals surface area contributed by atoms with Gasteiger partial charge in [0.05, 0.1) is 5.70 Å². The zero-order valence-electron chi connectivity index (χ0n) is 14.5. The standard InChI is InChI=1S/C19H20ClN3O3/c1-10(2)13-7-14(17(25)8-16(13)24)18(22)15(9-21)23-19(26)11-4-3-5-12(20)6-11/h3-10,21,24-25H,22H2,1-2H3,(H,23,26)/p+1. The number of hydrogen-bond donors (Lipinski definition) is 5.